The van der Waals surface area contributed by atoms with Crippen LogP contribution in [0, 0.1) is 0 Å². The predicted octanol–water partition coefficient (Wildman–Crippen LogP) is 16.5. The molecule has 0 bridgehead atoms. The van der Waals surface area contributed by atoms with Crippen LogP contribution >= 0.6 is 0 Å². The fourth-order valence-electron chi connectivity index (χ4n) is 11.5. The molecule has 0 radical (unpaired) electrons. The van der Waals surface area contributed by atoms with Crippen LogP contribution in [0.1, 0.15) is 47.2 Å². The van der Waals surface area contributed by atoms with Gasteiger partial charge in [0, 0.05) is 27.7 Å². The first kappa shape index (κ1) is 36.7. The molecule has 0 aliphatic heterocycles. The Kier molecular flexibility index (Phi) is 7.90. The van der Waals surface area contributed by atoms with Gasteiger partial charge in [0.15, 0.2) is 0 Å². The van der Waals surface area contributed by atoms with E-state index in [1.54, 1.807) is 0 Å². The Balaban J connectivity index is 1.14. The topological polar surface area (TPSA) is 16.4 Å². The van der Waals surface area contributed by atoms with Crippen molar-refractivity contribution in [3.8, 4) is 33.4 Å². The first-order valence-corrected chi connectivity index (χ1v) is 22.3. The molecular formula is C62H43NO. The third kappa shape index (κ3) is 5.08. The van der Waals surface area contributed by atoms with E-state index in [4.69, 9.17) is 4.42 Å². The normalized spacial score (nSPS) is 14.0. The number of benzene rings is 10. The highest BCUT2D eigenvalue weighted by Crippen LogP contribution is 2.60. The van der Waals surface area contributed by atoms with E-state index in [1.807, 2.05) is 0 Å². The van der Waals surface area contributed by atoms with Crippen LogP contribution in [0.5, 0.6) is 0 Å². The monoisotopic (exact) mass is 817 g/mol. The molecule has 10 aromatic carbocycles. The minimum absolute atomic E-state index is 0.257. The molecule has 0 spiro atoms. The van der Waals surface area contributed by atoms with Gasteiger partial charge in [0.25, 0.3) is 0 Å². The molecule has 0 atom stereocenters. The van der Waals surface area contributed by atoms with Gasteiger partial charge in [0.2, 0.25) is 0 Å². The molecule has 0 amide bonds. The van der Waals surface area contributed by atoms with E-state index in [1.165, 1.54) is 77.5 Å². The summed E-state index contributed by atoms with van der Waals surface area (Å²) in [5, 5.41) is 4.72. The van der Waals surface area contributed by atoms with E-state index in [0.29, 0.717) is 0 Å². The summed E-state index contributed by atoms with van der Waals surface area (Å²) < 4.78 is 7.06. The Hall–Kier alpha value is -7.94. The highest BCUT2D eigenvalue weighted by atomic mass is 16.3. The zero-order valence-electron chi connectivity index (χ0n) is 35.7. The van der Waals surface area contributed by atoms with E-state index < -0.39 is 5.41 Å². The Morgan fingerprint density at radius 3 is 1.77 bits per heavy atom. The minimum atomic E-state index is -0.605. The van der Waals surface area contributed by atoms with Crippen molar-refractivity contribution in [3.05, 3.63) is 258 Å². The second-order valence-electron chi connectivity index (χ2n) is 18.0. The minimum Gasteiger partial charge on any atom is -0.455 e. The molecule has 1 aromatic heterocycles. The summed E-state index contributed by atoms with van der Waals surface area (Å²) in [5.41, 5.74) is 19.2. The first-order valence-electron chi connectivity index (χ1n) is 22.3. The fraction of sp³-hybridized carbons (Fsp3) is 0.0645. The molecule has 13 rings (SSSR count). The van der Waals surface area contributed by atoms with Crippen LogP contribution in [-0.4, -0.2) is 0 Å². The van der Waals surface area contributed by atoms with Crippen molar-refractivity contribution >= 4 is 49.8 Å². The van der Waals surface area contributed by atoms with Crippen molar-refractivity contribution in [1.29, 1.82) is 0 Å². The summed E-state index contributed by atoms with van der Waals surface area (Å²) in [6, 6.07) is 82.8. The molecule has 2 aliphatic carbocycles. The Labute approximate surface area is 373 Å². The molecule has 0 saturated carbocycles. The maximum Gasteiger partial charge on any atom is 0.145 e. The van der Waals surface area contributed by atoms with Gasteiger partial charge in [-0.3, -0.25) is 0 Å². The summed E-state index contributed by atoms with van der Waals surface area (Å²) in [5.74, 6) is 0. The molecule has 64 heavy (non-hydrogen) atoms. The number of nitrogens with zero attached hydrogens (tertiary/aromatic N) is 1. The van der Waals surface area contributed by atoms with Gasteiger partial charge in [0.1, 0.15) is 11.2 Å². The van der Waals surface area contributed by atoms with Crippen LogP contribution in [0.4, 0.5) is 17.1 Å². The molecule has 2 heteroatoms. The lowest BCUT2D eigenvalue weighted by Gasteiger charge is -2.35. The van der Waals surface area contributed by atoms with Crippen molar-refractivity contribution < 1.29 is 4.42 Å². The van der Waals surface area contributed by atoms with Crippen molar-refractivity contribution in [2.24, 2.45) is 0 Å². The van der Waals surface area contributed by atoms with Gasteiger partial charge in [-0.2, -0.15) is 0 Å². The summed E-state index contributed by atoms with van der Waals surface area (Å²) in [6.45, 7) is 4.72. The zero-order chi connectivity index (χ0) is 42.6. The highest BCUT2D eigenvalue weighted by molar-refractivity contribution is 6.19. The van der Waals surface area contributed by atoms with Gasteiger partial charge in [-0.1, -0.05) is 202 Å². The van der Waals surface area contributed by atoms with E-state index in [2.05, 4.69) is 243 Å². The standard InChI is InChI=1S/C62H43NO/c1-61(2)52-28-16-14-26-50(52)57-54(61)39-55(58-51-27-15-17-29-56(51)64-60(57)58)63(45-33-30-41(31-34-45)40-18-6-3-7-19-40)46-35-37-48-49-36-32-42-20-12-13-25-47(42)59(49)62(53(48)38-46,43-21-8-4-9-22-43)44-23-10-5-11-24-44/h3-39H,1-2H3. The maximum atomic E-state index is 7.06. The molecular weight excluding hydrogens is 775 g/mol. The van der Waals surface area contributed by atoms with Crippen LogP contribution < -0.4 is 4.90 Å². The van der Waals surface area contributed by atoms with E-state index in [-0.39, 0.29) is 5.41 Å². The van der Waals surface area contributed by atoms with Gasteiger partial charge in [0.05, 0.1) is 16.5 Å². The maximum absolute atomic E-state index is 7.06. The lowest BCUT2D eigenvalue weighted by molar-refractivity contribution is 0.653. The van der Waals surface area contributed by atoms with Gasteiger partial charge in [-0.15, -0.1) is 0 Å². The zero-order valence-corrected chi connectivity index (χ0v) is 35.7. The molecule has 0 unspecified atom stereocenters. The van der Waals surface area contributed by atoms with Crippen molar-refractivity contribution in [3.63, 3.8) is 0 Å². The summed E-state index contributed by atoms with van der Waals surface area (Å²) in [7, 11) is 0. The lowest BCUT2D eigenvalue weighted by Crippen LogP contribution is -2.29. The Morgan fingerprint density at radius 1 is 0.422 bits per heavy atom. The molecule has 11 aromatic rings. The number of furan rings is 1. The van der Waals surface area contributed by atoms with Gasteiger partial charge in [-0.25, -0.2) is 0 Å². The molecule has 2 nitrogen and oxygen atoms in total. The molecule has 0 fully saturated rings. The van der Waals surface area contributed by atoms with Crippen LogP contribution in [0.25, 0.3) is 66.1 Å². The predicted molar refractivity (Wildman–Crippen MR) is 266 cm³/mol. The van der Waals surface area contributed by atoms with Gasteiger partial charge in [-0.05, 0) is 108 Å². The SMILES string of the molecule is CC1(C)c2ccccc2-c2c1cc(N(c1ccc(-c3ccccc3)cc1)c1ccc3c(c1)C(c1ccccc1)(c1ccccc1)c1c-3ccc3ccccc13)c1c2oc2ccccc21. The van der Waals surface area contributed by atoms with Gasteiger partial charge < -0.3 is 9.32 Å². The van der Waals surface area contributed by atoms with Crippen molar-refractivity contribution in [1.82, 2.24) is 0 Å². The van der Waals surface area contributed by atoms with Crippen LogP contribution in [0.2, 0.25) is 0 Å². The fourth-order valence-corrected chi connectivity index (χ4v) is 11.5. The average molecular weight is 818 g/mol. The number of hydrogen-bond acceptors (Lipinski definition) is 2. The quantitative estimate of drug-likeness (QED) is 0.166. The smallest absolute Gasteiger partial charge is 0.145 e. The second-order valence-corrected chi connectivity index (χ2v) is 18.0. The van der Waals surface area contributed by atoms with E-state index in [9.17, 15) is 0 Å². The molecule has 1 heterocycles. The van der Waals surface area contributed by atoms with Gasteiger partial charge >= 0.3 is 0 Å². The summed E-state index contributed by atoms with van der Waals surface area (Å²) >= 11 is 0. The van der Waals surface area contributed by atoms with Crippen LogP contribution in [0.15, 0.2) is 229 Å². The molecule has 0 N–H and O–H groups in total. The first-order chi connectivity index (χ1) is 31.5. The Morgan fingerprint density at radius 2 is 1.02 bits per heavy atom. The average Bonchev–Trinajstić information content (AvgIpc) is 3.97. The Bertz CT molecular complexity index is 3580. The molecule has 2 aliphatic rings. The largest absolute Gasteiger partial charge is 0.455 e. The van der Waals surface area contributed by atoms with Crippen LogP contribution in [0.3, 0.4) is 0 Å². The summed E-state index contributed by atoms with van der Waals surface area (Å²) in [6.07, 6.45) is 0. The van der Waals surface area contributed by atoms with Crippen molar-refractivity contribution in [2.45, 2.75) is 24.7 Å². The molecule has 0 saturated heterocycles. The lowest BCUT2D eigenvalue weighted by atomic mass is 9.66. The third-order valence-electron chi connectivity index (χ3n) is 14.3. The van der Waals surface area contributed by atoms with E-state index >= 15 is 0 Å². The van der Waals surface area contributed by atoms with E-state index in [0.717, 1.165) is 39.0 Å². The van der Waals surface area contributed by atoms with Crippen LogP contribution in [-0.2, 0) is 10.8 Å². The van der Waals surface area contributed by atoms with Crippen molar-refractivity contribution in [2.75, 3.05) is 4.90 Å². The molecule has 302 valence electrons. The highest BCUT2D eigenvalue weighted by Gasteiger charge is 2.48. The number of para-hydroxylation sites is 1. The number of rotatable bonds is 6. The number of fused-ring (bicyclic) bond motifs is 12. The third-order valence-corrected chi connectivity index (χ3v) is 14.3. The second kappa shape index (κ2) is 13.8. The number of hydrogen-bond donors (Lipinski definition) is 0. The summed E-state index contributed by atoms with van der Waals surface area (Å²) in [4.78, 5) is 2.50. The number of anilines is 3.